The largest absolute Gasteiger partial charge is 0.480 e. The minimum absolute atomic E-state index is 0.0761. The average molecular weight is 271 g/mol. The third kappa shape index (κ3) is 3.44. The van der Waals surface area contributed by atoms with Crippen LogP contribution in [0.15, 0.2) is 6.20 Å². The Kier molecular flexibility index (Phi) is 4.15. The summed E-state index contributed by atoms with van der Waals surface area (Å²) in [7, 11) is 0. The quantitative estimate of drug-likeness (QED) is 0.607. The predicted octanol–water partition coefficient (Wildman–Crippen LogP) is -1.36. The summed E-state index contributed by atoms with van der Waals surface area (Å²) < 4.78 is 1.22. The van der Waals surface area contributed by atoms with Gasteiger partial charge in [0.2, 0.25) is 5.91 Å². The van der Waals surface area contributed by atoms with Crippen molar-refractivity contribution in [1.82, 2.24) is 25.6 Å². The standard InChI is InChI=1S/C9H13N5O3S/c15-8(16)3-14-2-6(12-13-14)1-10-9(17)7-4-18-5-11-7/h2,7,11H,1,3-5H2,(H,10,17)(H,15,16). The molecule has 0 spiro atoms. The van der Waals surface area contributed by atoms with Crippen LogP contribution in [0.4, 0.5) is 0 Å². The van der Waals surface area contributed by atoms with Gasteiger partial charge in [-0.1, -0.05) is 5.21 Å². The third-order valence-corrected chi connectivity index (χ3v) is 3.30. The maximum atomic E-state index is 11.7. The van der Waals surface area contributed by atoms with Crippen molar-refractivity contribution in [1.29, 1.82) is 0 Å². The van der Waals surface area contributed by atoms with Crippen LogP contribution in [-0.4, -0.2) is 49.6 Å². The van der Waals surface area contributed by atoms with Crippen LogP contribution in [0.5, 0.6) is 0 Å². The van der Waals surface area contributed by atoms with Crippen LogP contribution in [-0.2, 0) is 22.7 Å². The number of rotatable bonds is 5. The number of nitrogens with one attached hydrogen (secondary N) is 2. The van der Waals surface area contributed by atoms with Crippen LogP contribution in [0.3, 0.4) is 0 Å². The van der Waals surface area contributed by atoms with Gasteiger partial charge in [-0.05, 0) is 0 Å². The van der Waals surface area contributed by atoms with Gasteiger partial charge in [-0.25, -0.2) is 4.68 Å². The maximum Gasteiger partial charge on any atom is 0.325 e. The highest BCUT2D eigenvalue weighted by Crippen LogP contribution is 2.09. The lowest BCUT2D eigenvalue weighted by molar-refractivity contribution is -0.138. The second kappa shape index (κ2) is 5.83. The zero-order chi connectivity index (χ0) is 13.0. The van der Waals surface area contributed by atoms with Gasteiger partial charge in [0.15, 0.2) is 0 Å². The van der Waals surface area contributed by atoms with Gasteiger partial charge in [-0.2, -0.15) is 0 Å². The maximum absolute atomic E-state index is 11.7. The molecule has 1 fully saturated rings. The van der Waals surface area contributed by atoms with Crippen molar-refractivity contribution in [2.75, 3.05) is 11.6 Å². The molecule has 0 aliphatic carbocycles. The Morgan fingerprint density at radius 1 is 1.67 bits per heavy atom. The van der Waals surface area contributed by atoms with Crippen LogP contribution in [0, 0.1) is 0 Å². The van der Waals surface area contributed by atoms with E-state index in [0.717, 1.165) is 11.6 Å². The minimum atomic E-state index is -0.984. The van der Waals surface area contributed by atoms with Crippen molar-refractivity contribution in [3.05, 3.63) is 11.9 Å². The SMILES string of the molecule is O=C(O)Cn1cc(CNC(=O)C2CSCN2)nn1. The number of carbonyl (C=O) groups excluding carboxylic acids is 1. The van der Waals surface area contributed by atoms with Crippen molar-refractivity contribution in [3.8, 4) is 0 Å². The van der Waals surface area contributed by atoms with Crippen molar-refractivity contribution in [3.63, 3.8) is 0 Å². The van der Waals surface area contributed by atoms with E-state index in [4.69, 9.17) is 5.11 Å². The predicted molar refractivity (Wildman–Crippen MR) is 63.8 cm³/mol. The second-order valence-corrected chi connectivity index (χ2v) is 4.82. The summed E-state index contributed by atoms with van der Waals surface area (Å²) in [5.41, 5.74) is 0.537. The van der Waals surface area contributed by atoms with Crippen molar-refractivity contribution < 1.29 is 14.7 Å². The van der Waals surface area contributed by atoms with E-state index in [9.17, 15) is 9.59 Å². The number of thioether (sulfide) groups is 1. The summed E-state index contributed by atoms with van der Waals surface area (Å²) in [5.74, 6) is 0.486. The average Bonchev–Trinajstić information content (AvgIpc) is 2.95. The molecule has 0 aromatic carbocycles. The number of amides is 1. The van der Waals surface area contributed by atoms with Gasteiger partial charge in [-0.3, -0.25) is 14.9 Å². The fraction of sp³-hybridized carbons (Fsp3) is 0.556. The van der Waals surface area contributed by atoms with Crippen LogP contribution in [0.1, 0.15) is 5.69 Å². The van der Waals surface area contributed by atoms with Crippen LogP contribution in [0.25, 0.3) is 0 Å². The summed E-state index contributed by atoms with van der Waals surface area (Å²) in [6, 6.07) is -0.163. The number of carbonyl (C=O) groups is 2. The van der Waals surface area contributed by atoms with E-state index in [1.807, 2.05) is 0 Å². The normalized spacial score (nSPS) is 18.8. The fourth-order valence-corrected chi connectivity index (χ4v) is 2.44. The summed E-state index contributed by atoms with van der Waals surface area (Å²) in [4.78, 5) is 22.1. The summed E-state index contributed by atoms with van der Waals surface area (Å²) in [6.45, 7) is 0.0169. The molecular weight excluding hydrogens is 258 g/mol. The van der Waals surface area contributed by atoms with E-state index in [1.165, 1.54) is 10.9 Å². The number of hydrogen-bond donors (Lipinski definition) is 3. The molecule has 0 bridgehead atoms. The van der Waals surface area contributed by atoms with E-state index in [0.29, 0.717) is 5.69 Å². The molecule has 9 heteroatoms. The monoisotopic (exact) mass is 271 g/mol. The molecule has 1 aliphatic heterocycles. The molecule has 3 N–H and O–H groups in total. The molecule has 1 aromatic rings. The van der Waals surface area contributed by atoms with E-state index in [1.54, 1.807) is 11.8 Å². The molecule has 0 radical (unpaired) electrons. The minimum Gasteiger partial charge on any atom is -0.480 e. The Morgan fingerprint density at radius 2 is 2.50 bits per heavy atom. The van der Waals surface area contributed by atoms with Crippen molar-refractivity contribution in [2.24, 2.45) is 0 Å². The van der Waals surface area contributed by atoms with Gasteiger partial charge >= 0.3 is 5.97 Å². The first kappa shape index (κ1) is 12.8. The molecule has 1 saturated heterocycles. The molecule has 1 unspecified atom stereocenters. The van der Waals surface area contributed by atoms with Crippen molar-refractivity contribution in [2.45, 2.75) is 19.1 Å². The van der Waals surface area contributed by atoms with Gasteiger partial charge in [-0.15, -0.1) is 16.9 Å². The highest BCUT2D eigenvalue weighted by molar-refractivity contribution is 7.99. The summed E-state index contributed by atoms with van der Waals surface area (Å²) in [6.07, 6.45) is 1.51. The first-order valence-corrected chi connectivity index (χ1v) is 6.50. The number of aromatic nitrogens is 3. The molecule has 1 atom stereocenters. The van der Waals surface area contributed by atoms with Gasteiger partial charge in [0.05, 0.1) is 18.8 Å². The Labute approximate surface area is 107 Å². The van der Waals surface area contributed by atoms with E-state index >= 15 is 0 Å². The lowest BCUT2D eigenvalue weighted by atomic mass is 10.3. The first-order chi connectivity index (χ1) is 8.65. The van der Waals surface area contributed by atoms with E-state index in [2.05, 4.69) is 20.9 Å². The van der Waals surface area contributed by atoms with Gasteiger partial charge < -0.3 is 10.4 Å². The zero-order valence-electron chi connectivity index (χ0n) is 9.50. The Morgan fingerprint density at radius 3 is 3.17 bits per heavy atom. The van der Waals surface area contributed by atoms with Crippen LogP contribution in [0.2, 0.25) is 0 Å². The molecule has 1 amide bonds. The number of carboxylic acid groups (broad SMARTS) is 1. The third-order valence-electron chi connectivity index (χ3n) is 2.36. The van der Waals surface area contributed by atoms with Gasteiger partial charge in [0.25, 0.3) is 0 Å². The van der Waals surface area contributed by atoms with Gasteiger partial charge in [0.1, 0.15) is 12.2 Å². The molecule has 98 valence electrons. The van der Waals surface area contributed by atoms with Gasteiger partial charge in [0, 0.05) is 11.6 Å². The number of nitrogens with zero attached hydrogens (tertiary/aromatic N) is 3. The Hall–Kier alpha value is -1.61. The van der Waals surface area contributed by atoms with Crippen LogP contribution < -0.4 is 10.6 Å². The molecule has 1 aromatic heterocycles. The molecule has 2 heterocycles. The van der Waals surface area contributed by atoms with E-state index in [-0.39, 0.29) is 25.0 Å². The molecule has 8 nitrogen and oxygen atoms in total. The lowest BCUT2D eigenvalue weighted by Gasteiger charge is -2.08. The molecule has 0 saturated carbocycles. The smallest absolute Gasteiger partial charge is 0.325 e. The number of aliphatic carboxylic acids is 1. The molecule has 2 rings (SSSR count). The van der Waals surface area contributed by atoms with Crippen molar-refractivity contribution >= 4 is 23.6 Å². The summed E-state index contributed by atoms with van der Waals surface area (Å²) >= 11 is 1.67. The molecular formula is C9H13N5O3S. The number of hydrogen-bond acceptors (Lipinski definition) is 6. The topological polar surface area (TPSA) is 109 Å². The Bertz CT molecular complexity index is 443. The summed E-state index contributed by atoms with van der Waals surface area (Å²) in [5, 5.41) is 21.8. The van der Waals surface area contributed by atoms with E-state index < -0.39 is 5.97 Å². The second-order valence-electron chi connectivity index (χ2n) is 3.79. The molecule has 1 aliphatic rings. The highest BCUT2D eigenvalue weighted by Gasteiger charge is 2.22. The van der Waals surface area contributed by atoms with Crippen LogP contribution >= 0.6 is 11.8 Å². The highest BCUT2D eigenvalue weighted by atomic mass is 32.2. The first-order valence-electron chi connectivity index (χ1n) is 5.35. The lowest BCUT2D eigenvalue weighted by Crippen LogP contribution is -2.41. The number of carboxylic acids is 1. The molecule has 18 heavy (non-hydrogen) atoms. The fourth-order valence-electron chi connectivity index (χ4n) is 1.50. The Balaban J connectivity index is 1.80. The zero-order valence-corrected chi connectivity index (χ0v) is 10.3.